The molecule has 6 heteroatoms. The van der Waals surface area contributed by atoms with Crippen molar-refractivity contribution in [2.75, 3.05) is 0 Å². The van der Waals surface area contributed by atoms with Crippen molar-refractivity contribution >= 4 is 10.9 Å². The Morgan fingerprint density at radius 2 is 1.82 bits per heavy atom. The van der Waals surface area contributed by atoms with E-state index in [0.29, 0.717) is 24.8 Å². The fourth-order valence-electron chi connectivity index (χ4n) is 4.25. The molecule has 1 aromatic heterocycles. The van der Waals surface area contributed by atoms with Gasteiger partial charge in [-0.3, -0.25) is 4.68 Å². The molecule has 0 saturated heterocycles. The predicted octanol–water partition coefficient (Wildman–Crippen LogP) is 4.00. The molecule has 1 heterocycles. The number of nitrogens with two attached hydrogens (primary N) is 1. The number of benzene rings is 3. The molecule has 0 spiro atoms. The van der Waals surface area contributed by atoms with Crippen LogP contribution in [0.25, 0.3) is 22.0 Å². The number of hydrogen-bond acceptors (Lipinski definition) is 5. The van der Waals surface area contributed by atoms with E-state index in [1.54, 1.807) is 0 Å². The Balaban J connectivity index is 1.49. The van der Waals surface area contributed by atoms with E-state index in [1.807, 2.05) is 36.4 Å². The molecule has 1 fully saturated rings. The second kappa shape index (κ2) is 9.35. The summed E-state index contributed by atoms with van der Waals surface area (Å²) in [5.74, 6) is 1.34. The van der Waals surface area contributed by atoms with Crippen molar-refractivity contribution in [1.82, 2.24) is 9.78 Å². The lowest BCUT2D eigenvalue weighted by molar-refractivity contribution is -0.0385. The number of aromatic nitrogens is 2. The van der Waals surface area contributed by atoms with Gasteiger partial charge in [0.1, 0.15) is 18.1 Å². The van der Waals surface area contributed by atoms with Gasteiger partial charge in [0.25, 0.3) is 0 Å². The first-order chi connectivity index (χ1) is 16.1. The fourth-order valence-corrected chi connectivity index (χ4v) is 4.25. The molecule has 0 unspecified atom stereocenters. The summed E-state index contributed by atoms with van der Waals surface area (Å²) in [7, 11) is 0. The smallest absolute Gasteiger partial charge is 0.155 e. The zero-order valence-electron chi connectivity index (χ0n) is 18.5. The first kappa shape index (κ1) is 21.6. The van der Waals surface area contributed by atoms with Gasteiger partial charge in [-0.05, 0) is 65.3 Å². The van der Waals surface area contributed by atoms with Crippen LogP contribution in [-0.4, -0.2) is 26.3 Å². The molecule has 4 aromatic rings. The minimum atomic E-state index is -1.42. The average molecular weight is 444 g/mol. The topological polar surface area (TPSA) is 93.5 Å². The molecule has 0 bridgehead atoms. The van der Waals surface area contributed by atoms with Crippen molar-refractivity contribution in [1.29, 1.82) is 0 Å². The number of hydrogen-bond donors (Lipinski definition) is 3. The van der Waals surface area contributed by atoms with Crippen LogP contribution < -0.4 is 10.5 Å². The molecule has 6 nitrogen and oxygen atoms in total. The minimum Gasteiger partial charge on any atom is -0.487 e. The zero-order chi connectivity index (χ0) is 22.8. The Hall–Kier alpha value is -3.19. The number of para-hydroxylation sites is 1. The molecule has 0 atom stereocenters. The number of rotatable bonds is 9. The fraction of sp³-hybridized carbons (Fsp3) is 0.296. The molecule has 0 aliphatic heterocycles. The van der Waals surface area contributed by atoms with Crippen LogP contribution in [0.5, 0.6) is 5.75 Å². The molecule has 0 amide bonds. The summed E-state index contributed by atoms with van der Waals surface area (Å²) in [4.78, 5) is 0. The van der Waals surface area contributed by atoms with E-state index in [0.717, 1.165) is 45.4 Å². The zero-order valence-corrected chi connectivity index (χ0v) is 18.5. The molecule has 0 radical (unpaired) electrons. The second-order valence-electron chi connectivity index (χ2n) is 8.79. The highest BCUT2D eigenvalue weighted by Crippen LogP contribution is 2.34. The lowest BCUT2D eigenvalue weighted by atomic mass is 10.0. The summed E-state index contributed by atoms with van der Waals surface area (Å²) < 4.78 is 8.24. The first-order valence-electron chi connectivity index (χ1n) is 11.5. The van der Waals surface area contributed by atoms with E-state index in [1.165, 1.54) is 12.8 Å². The monoisotopic (exact) mass is 443 g/mol. The highest BCUT2D eigenvalue weighted by Gasteiger charge is 2.24. The van der Waals surface area contributed by atoms with E-state index < -0.39 is 6.29 Å². The normalized spacial score (nSPS) is 13.7. The van der Waals surface area contributed by atoms with Crippen LogP contribution in [0.4, 0.5) is 0 Å². The van der Waals surface area contributed by atoms with E-state index in [-0.39, 0.29) is 6.42 Å². The molecule has 33 heavy (non-hydrogen) atoms. The van der Waals surface area contributed by atoms with Gasteiger partial charge >= 0.3 is 0 Å². The Bertz CT molecular complexity index is 1260. The summed E-state index contributed by atoms with van der Waals surface area (Å²) in [6.45, 7) is 1.74. The SMILES string of the molecule is NCc1cccc(-c2ccc3c(c2)c(COc2ccccc2CC(O)O)nn3CC2CC2)c1. The van der Waals surface area contributed by atoms with Crippen LogP contribution in [0, 0.1) is 5.92 Å². The Morgan fingerprint density at radius 1 is 1.00 bits per heavy atom. The maximum absolute atomic E-state index is 9.40. The minimum absolute atomic E-state index is 0.120. The lowest BCUT2D eigenvalue weighted by Gasteiger charge is -2.11. The maximum atomic E-state index is 9.40. The highest BCUT2D eigenvalue weighted by molar-refractivity contribution is 5.87. The third kappa shape index (κ3) is 4.93. The number of aliphatic hydroxyl groups excluding tert-OH is 1. The summed E-state index contributed by atoms with van der Waals surface area (Å²) in [5, 5.41) is 24.8. The van der Waals surface area contributed by atoms with Crippen molar-refractivity contribution in [2.45, 2.75) is 45.2 Å². The van der Waals surface area contributed by atoms with Gasteiger partial charge in [0, 0.05) is 24.9 Å². The molecule has 5 rings (SSSR count). The third-order valence-corrected chi connectivity index (χ3v) is 6.19. The molecule has 1 saturated carbocycles. The highest BCUT2D eigenvalue weighted by atomic mass is 16.5. The van der Waals surface area contributed by atoms with Crippen molar-refractivity contribution in [3.8, 4) is 16.9 Å². The number of aliphatic hydroxyl groups is 2. The van der Waals surface area contributed by atoms with Crippen LogP contribution in [0.1, 0.15) is 29.7 Å². The third-order valence-electron chi connectivity index (χ3n) is 6.19. The van der Waals surface area contributed by atoms with Gasteiger partial charge in [-0.25, -0.2) is 0 Å². The van der Waals surface area contributed by atoms with Crippen LogP contribution in [0.3, 0.4) is 0 Å². The van der Waals surface area contributed by atoms with E-state index >= 15 is 0 Å². The molecular formula is C27H29N3O3. The summed E-state index contributed by atoms with van der Waals surface area (Å²) in [6.07, 6.45) is 1.22. The molecule has 1 aliphatic carbocycles. The summed E-state index contributed by atoms with van der Waals surface area (Å²) >= 11 is 0. The van der Waals surface area contributed by atoms with E-state index in [9.17, 15) is 10.2 Å². The van der Waals surface area contributed by atoms with E-state index in [4.69, 9.17) is 15.6 Å². The molecule has 4 N–H and O–H groups in total. The van der Waals surface area contributed by atoms with Crippen LogP contribution in [-0.2, 0) is 26.1 Å². The standard InChI is InChI=1S/C27H29N3O3/c28-15-19-4-3-6-20(12-19)21-10-11-25-23(13-21)24(29-30(25)16-18-8-9-18)17-33-26-7-2-1-5-22(26)14-27(31)32/h1-7,10-13,18,27,31-32H,8-9,14-17,28H2. The van der Waals surface area contributed by atoms with Crippen molar-refractivity contribution in [2.24, 2.45) is 11.7 Å². The van der Waals surface area contributed by atoms with Gasteiger partial charge in [0.2, 0.25) is 0 Å². The second-order valence-corrected chi connectivity index (χ2v) is 8.79. The number of fused-ring (bicyclic) bond motifs is 1. The summed E-state index contributed by atoms with van der Waals surface area (Å²) in [6, 6.07) is 22.2. The number of ether oxygens (including phenoxy) is 1. The van der Waals surface area contributed by atoms with Crippen LogP contribution in [0.2, 0.25) is 0 Å². The van der Waals surface area contributed by atoms with Crippen LogP contribution in [0.15, 0.2) is 66.7 Å². The van der Waals surface area contributed by atoms with Crippen LogP contribution >= 0.6 is 0 Å². The molecular weight excluding hydrogens is 414 g/mol. The molecule has 170 valence electrons. The molecule has 3 aromatic carbocycles. The van der Waals surface area contributed by atoms with Gasteiger partial charge in [-0.1, -0.05) is 42.5 Å². The Morgan fingerprint density at radius 3 is 2.61 bits per heavy atom. The lowest BCUT2D eigenvalue weighted by Crippen LogP contribution is -2.10. The van der Waals surface area contributed by atoms with Gasteiger partial charge < -0.3 is 20.7 Å². The largest absolute Gasteiger partial charge is 0.487 e. The van der Waals surface area contributed by atoms with Crippen molar-refractivity contribution in [3.05, 3.63) is 83.6 Å². The quantitative estimate of drug-likeness (QED) is 0.340. The first-order valence-corrected chi connectivity index (χ1v) is 11.5. The predicted molar refractivity (Wildman–Crippen MR) is 128 cm³/mol. The van der Waals surface area contributed by atoms with Crippen molar-refractivity contribution < 1.29 is 14.9 Å². The summed E-state index contributed by atoms with van der Waals surface area (Å²) in [5.41, 5.74) is 11.9. The van der Waals surface area contributed by atoms with Crippen molar-refractivity contribution in [3.63, 3.8) is 0 Å². The molecule has 1 aliphatic rings. The van der Waals surface area contributed by atoms with E-state index in [2.05, 4.69) is 35.0 Å². The van der Waals surface area contributed by atoms with Gasteiger partial charge in [0.15, 0.2) is 6.29 Å². The van der Waals surface area contributed by atoms with Gasteiger partial charge in [0.05, 0.1) is 5.52 Å². The Labute approximate surface area is 193 Å². The van der Waals surface area contributed by atoms with Gasteiger partial charge in [-0.2, -0.15) is 5.10 Å². The average Bonchev–Trinajstić information content (AvgIpc) is 3.59. The Kier molecular flexibility index (Phi) is 6.13. The maximum Gasteiger partial charge on any atom is 0.155 e. The number of nitrogens with zero attached hydrogens (tertiary/aromatic N) is 2. The van der Waals surface area contributed by atoms with Gasteiger partial charge in [-0.15, -0.1) is 0 Å².